The summed E-state index contributed by atoms with van der Waals surface area (Å²) in [6.07, 6.45) is 5.18. The van der Waals surface area contributed by atoms with Gasteiger partial charge in [-0.15, -0.1) is 0 Å². The van der Waals surface area contributed by atoms with Crippen LogP contribution in [0.3, 0.4) is 0 Å². The van der Waals surface area contributed by atoms with Crippen molar-refractivity contribution in [2.24, 2.45) is 4.99 Å². The molecule has 0 aliphatic heterocycles. The predicted octanol–water partition coefficient (Wildman–Crippen LogP) is 6.07. The lowest BCUT2D eigenvalue weighted by Crippen LogP contribution is -2.14. The summed E-state index contributed by atoms with van der Waals surface area (Å²) in [4.78, 5) is 6.42. The van der Waals surface area contributed by atoms with Gasteiger partial charge < -0.3 is 4.90 Å². The van der Waals surface area contributed by atoms with Crippen LogP contribution in [0.2, 0.25) is 10.0 Å². The van der Waals surface area contributed by atoms with Crippen molar-refractivity contribution < 1.29 is 0 Å². The van der Waals surface area contributed by atoms with Crippen molar-refractivity contribution in [2.45, 2.75) is 32.1 Å². The van der Waals surface area contributed by atoms with Crippen LogP contribution in [-0.2, 0) is 6.42 Å². The molecule has 1 fully saturated rings. The Hall–Kier alpha value is -1.51. The van der Waals surface area contributed by atoms with Crippen LogP contribution in [0.4, 0.5) is 5.69 Å². The Morgan fingerprint density at radius 1 is 1.12 bits per heavy atom. The van der Waals surface area contributed by atoms with Crippen LogP contribution in [0.1, 0.15) is 42.4 Å². The highest BCUT2D eigenvalue weighted by Crippen LogP contribution is 2.42. The van der Waals surface area contributed by atoms with Crippen molar-refractivity contribution >= 4 is 35.2 Å². The first-order valence-electron chi connectivity index (χ1n) is 8.38. The normalized spacial score (nSPS) is 14.3. The Morgan fingerprint density at radius 3 is 2.58 bits per heavy atom. The molecule has 24 heavy (non-hydrogen) atoms. The van der Waals surface area contributed by atoms with E-state index >= 15 is 0 Å². The second kappa shape index (κ2) is 7.58. The van der Waals surface area contributed by atoms with Crippen LogP contribution in [0.25, 0.3) is 0 Å². The zero-order chi connectivity index (χ0) is 17.1. The van der Waals surface area contributed by atoms with Gasteiger partial charge in [0, 0.05) is 18.6 Å². The van der Waals surface area contributed by atoms with Gasteiger partial charge in [-0.2, -0.15) is 0 Å². The number of hydrogen-bond donors (Lipinski definition) is 0. The van der Waals surface area contributed by atoms with E-state index in [-0.39, 0.29) is 0 Å². The van der Waals surface area contributed by atoms with Crippen LogP contribution in [0, 0.1) is 0 Å². The minimum atomic E-state index is 0.638. The number of hydrogen-bond acceptors (Lipinski definition) is 1. The Labute approximate surface area is 154 Å². The molecule has 3 rings (SSSR count). The maximum atomic E-state index is 6.50. The largest absolute Gasteiger partial charge is 0.366 e. The van der Waals surface area contributed by atoms with Gasteiger partial charge in [-0.3, -0.25) is 0 Å². The van der Waals surface area contributed by atoms with E-state index in [1.807, 2.05) is 24.1 Å². The molecule has 0 saturated heterocycles. The Morgan fingerprint density at radius 2 is 1.88 bits per heavy atom. The fourth-order valence-electron chi connectivity index (χ4n) is 2.75. The summed E-state index contributed by atoms with van der Waals surface area (Å²) < 4.78 is 0. The molecular weight excluding hydrogens is 339 g/mol. The predicted molar refractivity (Wildman–Crippen MR) is 104 cm³/mol. The van der Waals surface area contributed by atoms with Gasteiger partial charge in [-0.05, 0) is 60.9 Å². The molecule has 1 aliphatic carbocycles. The molecule has 126 valence electrons. The van der Waals surface area contributed by atoms with Crippen LogP contribution in [-0.4, -0.2) is 24.8 Å². The Kier molecular flexibility index (Phi) is 5.47. The highest BCUT2D eigenvalue weighted by Gasteiger charge is 2.25. The van der Waals surface area contributed by atoms with Crippen molar-refractivity contribution in [3.63, 3.8) is 0 Å². The van der Waals surface area contributed by atoms with E-state index in [0.29, 0.717) is 10.7 Å². The van der Waals surface area contributed by atoms with Crippen molar-refractivity contribution in [2.75, 3.05) is 13.6 Å². The van der Waals surface area contributed by atoms with E-state index in [4.69, 9.17) is 23.2 Å². The number of rotatable bonds is 6. The van der Waals surface area contributed by atoms with Crippen molar-refractivity contribution in [3.05, 3.63) is 63.1 Å². The maximum absolute atomic E-state index is 6.50. The summed E-state index contributed by atoms with van der Waals surface area (Å²) in [5.74, 6) is 0.726. The monoisotopic (exact) mass is 360 g/mol. The smallest absolute Gasteiger partial charge is 0.0910 e. The molecule has 2 aromatic carbocycles. The minimum absolute atomic E-state index is 0.638. The van der Waals surface area contributed by atoms with Gasteiger partial charge in [-0.25, -0.2) is 4.99 Å². The molecule has 0 aromatic heterocycles. The molecule has 0 amide bonds. The maximum Gasteiger partial charge on any atom is 0.0910 e. The molecule has 0 unspecified atom stereocenters. The van der Waals surface area contributed by atoms with E-state index in [1.165, 1.54) is 24.0 Å². The standard InChI is InChI=1S/C20H22Cl2N2/c1-3-24(2)13-23-20-12-18(21)16(11-19(20)22)10-15-6-4-5-7-17(15)14-8-9-14/h4-7,11-14H,3,8-10H2,1-2H3. The fraction of sp³-hybridized carbons (Fsp3) is 0.350. The van der Waals surface area contributed by atoms with Crippen LogP contribution in [0.5, 0.6) is 0 Å². The second-order valence-corrected chi connectivity index (χ2v) is 7.18. The molecule has 0 radical (unpaired) electrons. The molecule has 2 nitrogen and oxygen atoms in total. The third-order valence-corrected chi connectivity index (χ3v) is 5.12. The molecule has 0 heterocycles. The fourth-order valence-corrected chi connectivity index (χ4v) is 3.21. The highest BCUT2D eigenvalue weighted by atomic mass is 35.5. The first-order chi connectivity index (χ1) is 11.6. The van der Waals surface area contributed by atoms with Gasteiger partial charge in [0.05, 0.1) is 17.0 Å². The average molecular weight is 361 g/mol. The first-order valence-corrected chi connectivity index (χ1v) is 9.14. The van der Waals surface area contributed by atoms with Gasteiger partial charge in [0.15, 0.2) is 0 Å². The van der Waals surface area contributed by atoms with Crippen LogP contribution < -0.4 is 0 Å². The van der Waals surface area contributed by atoms with Gasteiger partial charge in [-0.1, -0.05) is 47.5 Å². The number of nitrogens with zero attached hydrogens (tertiary/aromatic N) is 2. The van der Waals surface area contributed by atoms with E-state index in [0.717, 1.165) is 29.5 Å². The molecule has 0 atom stereocenters. The van der Waals surface area contributed by atoms with Crippen LogP contribution >= 0.6 is 23.2 Å². The van der Waals surface area contributed by atoms with E-state index in [1.54, 1.807) is 6.34 Å². The van der Waals surface area contributed by atoms with Crippen molar-refractivity contribution in [1.82, 2.24) is 4.90 Å². The van der Waals surface area contributed by atoms with E-state index in [9.17, 15) is 0 Å². The zero-order valence-electron chi connectivity index (χ0n) is 14.1. The van der Waals surface area contributed by atoms with E-state index < -0.39 is 0 Å². The average Bonchev–Trinajstić information content (AvgIpc) is 3.41. The van der Waals surface area contributed by atoms with Gasteiger partial charge in [0.25, 0.3) is 0 Å². The molecule has 0 spiro atoms. The topological polar surface area (TPSA) is 15.6 Å². The summed E-state index contributed by atoms with van der Waals surface area (Å²) in [7, 11) is 1.97. The molecular formula is C20H22Cl2N2. The lowest BCUT2D eigenvalue weighted by molar-refractivity contribution is 0.552. The van der Waals surface area contributed by atoms with E-state index in [2.05, 4.69) is 36.2 Å². The third kappa shape index (κ3) is 4.12. The molecule has 4 heteroatoms. The molecule has 1 saturated carbocycles. The van der Waals surface area contributed by atoms with Gasteiger partial charge >= 0.3 is 0 Å². The summed E-state index contributed by atoms with van der Waals surface area (Å²) in [5, 5.41) is 1.36. The SMILES string of the molecule is CCN(C)C=Nc1cc(Cl)c(Cc2ccccc2C2CC2)cc1Cl. The van der Waals surface area contributed by atoms with Crippen molar-refractivity contribution in [3.8, 4) is 0 Å². The molecule has 2 aromatic rings. The quantitative estimate of drug-likeness (QED) is 0.450. The Balaban J connectivity index is 1.85. The lowest BCUT2D eigenvalue weighted by Gasteiger charge is -2.12. The highest BCUT2D eigenvalue weighted by molar-refractivity contribution is 6.35. The summed E-state index contributed by atoms with van der Waals surface area (Å²) in [6.45, 7) is 2.96. The molecule has 0 bridgehead atoms. The second-order valence-electron chi connectivity index (χ2n) is 6.36. The third-order valence-electron chi connectivity index (χ3n) is 4.46. The lowest BCUT2D eigenvalue weighted by atomic mass is 9.97. The number of aliphatic imine (C=N–C) groups is 1. The van der Waals surface area contributed by atoms with Gasteiger partial charge in [0.2, 0.25) is 0 Å². The van der Waals surface area contributed by atoms with Gasteiger partial charge in [0.1, 0.15) is 0 Å². The number of halogens is 2. The van der Waals surface area contributed by atoms with Crippen LogP contribution in [0.15, 0.2) is 41.4 Å². The molecule has 1 aliphatic rings. The zero-order valence-corrected chi connectivity index (χ0v) is 15.6. The molecule has 0 N–H and O–H groups in total. The Bertz CT molecular complexity index is 751. The summed E-state index contributed by atoms with van der Waals surface area (Å²) >= 11 is 12.9. The summed E-state index contributed by atoms with van der Waals surface area (Å²) in [5.41, 5.74) is 4.56. The summed E-state index contributed by atoms with van der Waals surface area (Å²) in [6, 6.07) is 12.5. The number of benzene rings is 2. The van der Waals surface area contributed by atoms with Crippen molar-refractivity contribution in [1.29, 1.82) is 0 Å². The first kappa shape index (κ1) is 17.3. The minimum Gasteiger partial charge on any atom is -0.366 e.